The van der Waals surface area contributed by atoms with Crippen molar-refractivity contribution in [1.29, 1.82) is 0 Å². The first kappa shape index (κ1) is 22.8. The van der Waals surface area contributed by atoms with Gasteiger partial charge in [0.05, 0.1) is 0 Å². The van der Waals surface area contributed by atoms with Crippen LogP contribution in [0.5, 0.6) is 0 Å². The summed E-state index contributed by atoms with van der Waals surface area (Å²) in [5.74, 6) is 0.633. The minimum atomic E-state index is -3.08. The minimum Gasteiger partial charge on any atom is -0.313 e. The maximum atomic E-state index is 15.6. The number of rotatable bonds is 6. The molecule has 2 saturated carbocycles. The predicted molar refractivity (Wildman–Crippen MR) is 148 cm³/mol. The molecule has 6 rings (SSSR count). The van der Waals surface area contributed by atoms with Crippen molar-refractivity contribution in [2.24, 2.45) is 11.8 Å². The summed E-state index contributed by atoms with van der Waals surface area (Å²) in [5, 5.41) is 3.56. The third-order valence-electron chi connectivity index (χ3n) is 8.23. The summed E-state index contributed by atoms with van der Waals surface area (Å²) in [4.78, 5) is 0. The topological polar surface area (TPSA) is 34.1 Å². The molecule has 2 aliphatic rings. The molecule has 0 aromatic heterocycles. The molecule has 35 heavy (non-hydrogen) atoms. The smallest absolute Gasteiger partial charge is 0.147 e. The van der Waals surface area contributed by atoms with E-state index < -0.39 is 14.3 Å². The summed E-state index contributed by atoms with van der Waals surface area (Å²) in [6.07, 6.45) is 3.15. The molecule has 0 unspecified atom stereocenters. The Bertz CT molecular complexity index is 1190. The lowest BCUT2D eigenvalue weighted by Crippen LogP contribution is -2.42. The Kier molecular flexibility index (Phi) is 5.92. The van der Waals surface area contributed by atoms with Gasteiger partial charge in [-0.05, 0) is 31.1 Å². The Morgan fingerprint density at radius 3 is 0.943 bits per heavy atom. The Hall–Kier alpha value is -2.66. The molecular weight excluding hydrogens is 466 g/mol. The molecule has 2 fully saturated rings. The van der Waals surface area contributed by atoms with E-state index in [1.54, 1.807) is 0 Å². The first-order valence-corrected chi connectivity index (χ1v) is 16.1. The van der Waals surface area contributed by atoms with E-state index in [0.717, 1.165) is 40.5 Å². The van der Waals surface area contributed by atoms with Crippen LogP contribution in [0.2, 0.25) is 0 Å². The van der Waals surface area contributed by atoms with E-state index in [0.29, 0.717) is 11.8 Å². The largest absolute Gasteiger partial charge is 0.313 e. The molecule has 0 amide bonds. The van der Waals surface area contributed by atoms with Crippen molar-refractivity contribution in [3.63, 3.8) is 0 Å². The molecule has 4 heteroatoms. The lowest BCUT2D eigenvalue weighted by Gasteiger charge is -2.41. The highest BCUT2D eigenvalue weighted by Crippen LogP contribution is 2.71. The molecule has 0 radical (unpaired) electrons. The van der Waals surface area contributed by atoms with Crippen molar-refractivity contribution >= 4 is 35.5 Å². The third kappa shape index (κ3) is 3.62. The van der Waals surface area contributed by atoms with Gasteiger partial charge in [-0.25, -0.2) is 0 Å². The van der Waals surface area contributed by atoms with E-state index >= 15 is 9.13 Å². The lowest BCUT2D eigenvalue weighted by atomic mass is 9.99. The van der Waals surface area contributed by atoms with Crippen LogP contribution in [0.15, 0.2) is 121 Å². The predicted octanol–water partition coefficient (Wildman–Crippen LogP) is 6.18. The van der Waals surface area contributed by atoms with E-state index in [4.69, 9.17) is 0 Å². The normalized spacial score (nSPS) is 23.9. The van der Waals surface area contributed by atoms with Crippen LogP contribution in [0, 0.1) is 11.8 Å². The Morgan fingerprint density at radius 2 is 0.686 bits per heavy atom. The first-order chi connectivity index (χ1) is 17.1. The van der Waals surface area contributed by atoms with Gasteiger partial charge >= 0.3 is 0 Å². The van der Waals surface area contributed by atoms with E-state index in [1.165, 1.54) is 0 Å². The molecule has 4 atom stereocenters. The Balaban J connectivity index is 1.62. The van der Waals surface area contributed by atoms with Gasteiger partial charge in [-0.2, -0.15) is 0 Å². The molecule has 0 spiro atoms. The fourth-order valence-electron chi connectivity index (χ4n) is 6.84. The number of hydrogen-bond acceptors (Lipinski definition) is 2. The Morgan fingerprint density at radius 1 is 0.429 bits per heavy atom. The van der Waals surface area contributed by atoms with Crippen LogP contribution in [0.4, 0.5) is 0 Å². The van der Waals surface area contributed by atoms with Gasteiger partial charge in [0.1, 0.15) is 14.3 Å². The van der Waals surface area contributed by atoms with Crippen molar-refractivity contribution in [3.05, 3.63) is 121 Å². The fraction of sp³-hybridized carbons (Fsp3) is 0.226. The van der Waals surface area contributed by atoms with Crippen molar-refractivity contribution in [2.45, 2.75) is 30.6 Å². The highest BCUT2D eigenvalue weighted by molar-refractivity contribution is 7.83. The Labute approximate surface area is 208 Å². The quantitative estimate of drug-likeness (QED) is 0.299. The number of benzene rings is 4. The van der Waals surface area contributed by atoms with Crippen molar-refractivity contribution in [2.75, 3.05) is 0 Å². The molecule has 2 nitrogen and oxygen atoms in total. The monoisotopic (exact) mass is 496 g/mol. The molecular formula is C31H30O2P2. The van der Waals surface area contributed by atoms with E-state index in [2.05, 4.69) is 0 Å². The van der Waals surface area contributed by atoms with Gasteiger partial charge in [0.25, 0.3) is 0 Å². The maximum Gasteiger partial charge on any atom is 0.147 e. The standard InChI is InChI=1S/C31H30O2P2/c32-34(26-13-5-1-6-14-26,27-15-7-2-8-16-27)30-24-21-22-25(23-24)31(30)35(33,28-17-9-3-10-18-28)29-19-11-4-12-20-29/h1-20,24-25,30-31H,21-23H2/t24-,25-,30-,31-/m0/s1. The summed E-state index contributed by atoms with van der Waals surface area (Å²) in [6.45, 7) is 0. The summed E-state index contributed by atoms with van der Waals surface area (Å²) >= 11 is 0. The summed E-state index contributed by atoms with van der Waals surface area (Å²) in [6, 6.07) is 40.0. The van der Waals surface area contributed by atoms with Crippen LogP contribution >= 0.6 is 14.3 Å². The second-order valence-electron chi connectivity index (χ2n) is 9.97. The van der Waals surface area contributed by atoms with Crippen molar-refractivity contribution in [1.82, 2.24) is 0 Å². The maximum absolute atomic E-state index is 15.6. The van der Waals surface area contributed by atoms with Gasteiger partial charge < -0.3 is 9.13 Å². The average Bonchev–Trinajstić information content (AvgIpc) is 3.57. The van der Waals surface area contributed by atoms with Gasteiger partial charge in [0, 0.05) is 32.5 Å². The van der Waals surface area contributed by atoms with Gasteiger partial charge in [-0.1, -0.05) is 121 Å². The molecule has 4 aromatic rings. The highest BCUT2D eigenvalue weighted by Gasteiger charge is 2.61. The van der Waals surface area contributed by atoms with Crippen LogP contribution in [-0.4, -0.2) is 11.3 Å². The molecule has 4 aromatic carbocycles. The van der Waals surface area contributed by atoms with E-state index in [1.807, 2.05) is 121 Å². The summed E-state index contributed by atoms with van der Waals surface area (Å²) < 4.78 is 31.2. The second-order valence-corrected chi connectivity index (χ2v) is 15.9. The lowest BCUT2D eigenvalue weighted by molar-refractivity contribution is 0.463. The van der Waals surface area contributed by atoms with Crippen LogP contribution in [-0.2, 0) is 9.13 Å². The zero-order chi connectivity index (χ0) is 23.9. The fourth-order valence-corrected chi connectivity index (χ4v) is 15.5. The van der Waals surface area contributed by atoms with Crippen molar-refractivity contribution < 1.29 is 9.13 Å². The van der Waals surface area contributed by atoms with E-state index in [9.17, 15) is 0 Å². The van der Waals surface area contributed by atoms with Crippen LogP contribution < -0.4 is 21.2 Å². The second kappa shape index (κ2) is 9.09. The third-order valence-corrected chi connectivity index (χ3v) is 15.9. The molecule has 0 saturated heterocycles. The van der Waals surface area contributed by atoms with Gasteiger partial charge in [-0.3, -0.25) is 0 Å². The zero-order valence-corrected chi connectivity index (χ0v) is 21.5. The summed E-state index contributed by atoms with van der Waals surface area (Å²) in [5.41, 5.74) is -0.283. The summed E-state index contributed by atoms with van der Waals surface area (Å²) in [7, 11) is -6.16. The van der Waals surface area contributed by atoms with Crippen LogP contribution in [0.1, 0.15) is 19.3 Å². The van der Waals surface area contributed by atoms with Crippen LogP contribution in [0.25, 0.3) is 0 Å². The average molecular weight is 497 g/mol. The number of hydrogen-bond donors (Lipinski definition) is 0. The molecule has 0 aliphatic heterocycles. The molecule has 0 heterocycles. The SMILES string of the molecule is O=P(c1ccccc1)(c1ccccc1)[C@H]1[C@H]2CC[C@@H](C2)[C@@H]1P(=O)(c1ccccc1)c1ccccc1. The van der Waals surface area contributed by atoms with E-state index in [-0.39, 0.29) is 11.3 Å². The molecule has 0 N–H and O–H groups in total. The minimum absolute atomic E-state index is 0.141. The van der Waals surface area contributed by atoms with Gasteiger partial charge in [0.2, 0.25) is 0 Å². The van der Waals surface area contributed by atoms with Gasteiger partial charge in [-0.15, -0.1) is 0 Å². The first-order valence-electron chi connectivity index (χ1n) is 12.6. The molecule has 176 valence electrons. The van der Waals surface area contributed by atoms with Gasteiger partial charge in [0.15, 0.2) is 0 Å². The zero-order valence-electron chi connectivity index (χ0n) is 19.7. The van der Waals surface area contributed by atoms with Crippen LogP contribution in [0.3, 0.4) is 0 Å². The van der Waals surface area contributed by atoms with Crippen molar-refractivity contribution in [3.8, 4) is 0 Å². The molecule has 2 bridgehead atoms. The molecule has 2 aliphatic carbocycles. The highest BCUT2D eigenvalue weighted by atomic mass is 31.2. The number of fused-ring (bicyclic) bond motifs is 2.